The number of carbonyl (C=O) groups excluding carboxylic acids is 1. The lowest BCUT2D eigenvalue weighted by molar-refractivity contribution is 0.103. The molecular weight excluding hydrogens is 370 g/mol. The number of benzene rings is 1. The molecule has 1 aliphatic rings. The maximum absolute atomic E-state index is 12.8. The Bertz CT molecular complexity index is 1020. The second-order valence-corrected chi connectivity index (χ2v) is 8.49. The van der Waals surface area contributed by atoms with Crippen LogP contribution in [0.2, 0.25) is 0 Å². The van der Waals surface area contributed by atoms with Crippen LogP contribution in [0.25, 0.3) is 0 Å². The summed E-state index contributed by atoms with van der Waals surface area (Å²) >= 11 is 0. The molecule has 4 rings (SSSR count). The Morgan fingerprint density at radius 1 is 1.10 bits per heavy atom. The predicted molar refractivity (Wildman–Crippen MR) is 121 cm³/mol. The number of aryl methyl sites for hydroxylation is 3. The molecule has 2 aromatic heterocycles. The van der Waals surface area contributed by atoms with Gasteiger partial charge in [-0.2, -0.15) is 0 Å². The molecule has 0 amide bonds. The van der Waals surface area contributed by atoms with Gasteiger partial charge in [0.2, 0.25) is 5.78 Å². The summed E-state index contributed by atoms with van der Waals surface area (Å²) in [7, 11) is 0. The van der Waals surface area contributed by atoms with E-state index in [2.05, 4.69) is 42.8 Å². The molecule has 1 aromatic carbocycles. The quantitative estimate of drug-likeness (QED) is 0.561. The zero-order valence-corrected chi connectivity index (χ0v) is 18.1. The van der Waals surface area contributed by atoms with Crippen LogP contribution in [0.15, 0.2) is 54.9 Å². The zero-order valence-electron chi connectivity index (χ0n) is 18.1. The number of ketones is 1. The minimum absolute atomic E-state index is 0.0792. The maximum Gasteiger partial charge on any atom is 0.212 e. The molecule has 154 valence electrons. The Morgan fingerprint density at radius 2 is 1.90 bits per heavy atom. The van der Waals surface area contributed by atoms with Gasteiger partial charge in [0.1, 0.15) is 11.5 Å². The van der Waals surface area contributed by atoms with Crippen molar-refractivity contribution in [1.82, 2.24) is 9.97 Å². The van der Waals surface area contributed by atoms with Gasteiger partial charge in [0.15, 0.2) is 0 Å². The lowest BCUT2D eigenvalue weighted by atomic mass is 9.87. The fourth-order valence-corrected chi connectivity index (χ4v) is 4.63. The van der Waals surface area contributed by atoms with Gasteiger partial charge in [0.25, 0.3) is 0 Å². The first-order chi connectivity index (χ1) is 14.5. The third kappa shape index (κ3) is 4.43. The van der Waals surface area contributed by atoms with Crippen LogP contribution in [0.1, 0.15) is 51.1 Å². The zero-order chi connectivity index (χ0) is 21.1. The highest BCUT2D eigenvalue weighted by molar-refractivity contribution is 6.07. The topological polar surface area (TPSA) is 46.1 Å². The lowest BCUT2D eigenvalue weighted by Crippen LogP contribution is -2.37. The molecule has 0 aliphatic carbocycles. The summed E-state index contributed by atoms with van der Waals surface area (Å²) in [6.45, 7) is 8.58. The van der Waals surface area contributed by atoms with Crippen molar-refractivity contribution in [3.63, 3.8) is 0 Å². The Kier molecular flexibility index (Phi) is 5.93. The molecule has 4 heteroatoms. The van der Waals surface area contributed by atoms with Crippen molar-refractivity contribution in [3.05, 3.63) is 88.4 Å². The highest BCUT2D eigenvalue weighted by Gasteiger charge is 2.23. The van der Waals surface area contributed by atoms with Crippen molar-refractivity contribution in [3.8, 4) is 0 Å². The van der Waals surface area contributed by atoms with Crippen LogP contribution in [0.5, 0.6) is 0 Å². The first kappa shape index (κ1) is 20.3. The average Bonchev–Trinajstić information content (AvgIpc) is 2.76. The van der Waals surface area contributed by atoms with Crippen molar-refractivity contribution >= 4 is 11.6 Å². The van der Waals surface area contributed by atoms with E-state index in [0.29, 0.717) is 17.2 Å². The van der Waals surface area contributed by atoms with Crippen LogP contribution in [0.3, 0.4) is 0 Å². The van der Waals surface area contributed by atoms with Gasteiger partial charge in [-0.3, -0.25) is 9.78 Å². The number of pyridine rings is 2. The van der Waals surface area contributed by atoms with Crippen LogP contribution in [0.4, 0.5) is 5.82 Å². The van der Waals surface area contributed by atoms with Gasteiger partial charge in [-0.15, -0.1) is 0 Å². The Morgan fingerprint density at radius 3 is 2.63 bits per heavy atom. The second kappa shape index (κ2) is 8.78. The third-order valence-electron chi connectivity index (χ3n) is 6.07. The average molecular weight is 400 g/mol. The molecule has 0 bridgehead atoms. The highest BCUT2D eigenvalue weighted by atomic mass is 16.1. The van der Waals surface area contributed by atoms with Gasteiger partial charge < -0.3 is 4.90 Å². The SMILES string of the molecule is Cc1cc(C)c(CC2CCCN(c3cccc(C(=O)c4cccnc4)n3)C2)c(C)c1. The Balaban J connectivity index is 1.51. The number of aromatic nitrogens is 2. The third-order valence-corrected chi connectivity index (χ3v) is 6.07. The molecule has 1 atom stereocenters. The number of hydrogen-bond acceptors (Lipinski definition) is 4. The van der Waals surface area contributed by atoms with E-state index in [4.69, 9.17) is 4.98 Å². The fourth-order valence-electron chi connectivity index (χ4n) is 4.63. The van der Waals surface area contributed by atoms with Crippen LogP contribution in [-0.2, 0) is 6.42 Å². The predicted octanol–water partition coefficient (Wildman–Crippen LogP) is 5.09. The molecule has 3 heterocycles. The second-order valence-electron chi connectivity index (χ2n) is 8.49. The highest BCUT2D eigenvalue weighted by Crippen LogP contribution is 2.27. The minimum Gasteiger partial charge on any atom is -0.356 e. The fraction of sp³-hybridized carbons (Fsp3) is 0.346. The number of piperidine rings is 1. The van der Waals surface area contributed by atoms with Crippen LogP contribution in [-0.4, -0.2) is 28.8 Å². The molecule has 0 radical (unpaired) electrons. The van der Waals surface area contributed by atoms with Gasteiger partial charge in [0.05, 0.1) is 0 Å². The van der Waals surface area contributed by atoms with Crippen molar-refractivity contribution in [2.45, 2.75) is 40.0 Å². The van der Waals surface area contributed by atoms with Crippen LogP contribution in [0, 0.1) is 26.7 Å². The Labute approximate surface area is 179 Å². The summed E-state index contributed by atoms with van der Waals surface area (Å²) < 4.78 is 0. The van der Waals surface area contributed by atoms with E-state index in [1.165, 1.54) is 28.7 Å². The minimum atomic E-state index is -0.0792. The van der Waals surface area contributed by atoms with Crippen LogP contribution >= 0.6 is 0 Å². The summed E-state index contributed by atoms with van der Waals surface area (Å²) in [5.41, 5.74) is 6.66. The molecule has 3 aromatic rings. The molecule has 0 spiro atoms. The van der Waals surface area contributed by atoms with Gasteiger partial charge in [-0.1, -0.05) is 23.8 Å². The molecule has 1 fully saturated rings. The normalized spacial score (nSPS) is 16.5. The van der Waals surface area contributed by atoms with E-state index < -0.39 is 0 Å². The molecule has 4 nitrogen and oxygen atoms in total. The molecule has 1 saturated heterocycles. The summed E-state index contributed by atoms with van der Waals surface area (Å²) in [5.74, 6) is 1.41. The molecule has 30 heavy (non-hydrogen) atoms. The summed E-state index contributed by atoms with van der Waals surface area (Å²) in [5, 5.41) is 0. The van der Waals surface area contributed by atoms with Gasteiger partial charge in [-0.05, 0) is 86.9 Å². The van der Waals surface area contributed by atoms with Crippen molar-refractivity contribution < 1.29 is 4.79 Å². The van der Waals surface area contributed by atoms with E-state index in [1.807, 2.05) is 12.1 Å². The van der Waals surface area contributed by atoms with Crippen LogP contribution < -0.4 is 4.90 Å². The smallest absolute Gasteiger partial charge is 0.212 e. The summed E-state index contributed by atoms with van der Waals surface area (Å²) in [4.78, 5) is 23.9. The molecule has 1 aliphatic heterocycles. The first-order valence-corrected chi connectivity index (χ1v) is 10.7. The van der Waals surface area contributed by atoms with Gasteiger partial charge >= 0.3 is 0 Å². The molecule has 0 N–H and O–H groups in total. The van der Waals surface area contributed by atoms with E-state index >= 15 is 0 Å². The molecule has 1 unspecified atom stereocenters. The van der Waals surface area contributed by atoms with E-state index in [-0.39, 0.29) is 5.78 Å². The van der Waals surface area contributed by atoms with E-state index in [9.17, 15) is 4.79 Å². The number of anilines is 1. The van der Waals surface area contributed by atoms with E-state index in [1.54, 1.807) is 30.6 Å². The summed E-state index contributed by atoms with van der Waals surface area (Å²) in [6.07, 6.45) is 6.75. The number of hydrogen-bond donors (Lipinski definition) is 0. The monoisotopic (exact) mass is 399 g/mol. The first-order valence-electron chi connectivity index (χ1n) is 10.7. The summed E-state index contributed by atoms with van der Waals surface area (Å²) in [6, 6.07) is 13.9. The van der Waals surface area contributed by atoms with Crippen molar-refractivity contribution in [2.24, 2.45) is 5.92 Å². The van der Waals surface area contributed by atoms with Gasteiger partial charge in [-0.25, -0.2) is 4.98 Å². The molecular formula is C26H29N3O. The van der Waals surface area contributed by atoms with Gasteiger partial charge in [0, 0.05) is 31.0 Å². The standard InChI is InChI=1S/C26H29N3O/c1-18-13-19(2)23(20(3)14-18)15-21-7-6-12-29(17-21)25-10-4-9-24(28-25)26(30)22-8-5-11-27-16-22/h4-5,8-11,13-14,16,21H,6-7,12,15,17H2,1-3H3. The lowest BCUT2D eigenvalue weighted by Gasteiger charge is -2.34. The molecule has 0 saturated carbocycles. The van der Waals surface area contributed by atoms with Crippen molar-refractivity contribution in [1.29, 1.82) is 0 Å². The Hall–Kier alpha value is -3.01. The van der Waals surface area contributed by atoms with E-state index in [0.717, 1.165) is 31.7 Å². The van der Waals surface area contributed by atoms with Crippen molar-refractivity contribution in [2.75, 3.05) is 18.0 Å². The maximum atomic E-state index is 12.8. The number of carbonyl (C=O) groups is 1. The number of rotatable bonds is 5. The largest absolute Gasteiger partial charge is 0.356 e. The number of nitrogens with zero attached hydrogens (tertiary/aromatic N) is 3.